The van der Waals surface area contributed by atoms with Gasteiger partial charge in [0.2, 0.25) is 0 Å². The fraction of sp³-hybridized carbons (Fsp3) is 0.444. The molecule has 8 heteroatoms. The number of hydrogen-bond acceptors (Lipinski definition) is 4. The molecule has 1 aromatic heterocycles. The molecule has 0 bridgehead atoms. The van der Waals surface area contributed by atoms with E-state index in [0.717, 1.165) is 6.33 Å². The predicted octanol–water partition coefficient (Wildman–Crippen LogP) is 1.76. The van der Waals surface area contributed by atoms with Gasteiger partial charge in [0.05, 0.1) is 0 Å². The second-order valence-electron chi connectivity index (χ2n) is 3.53. The summed E-state index contributed by atoms with van der Waals surface area (Å²) in [6.45, 7) is 0. The third kappa shape index (κ3) is 3.00. The van der Waals surface area contributed by atoms with Gasteiger partial charge >= 0.3 is 5.97 Å². The minimum Gasteiger partial charge on any atom is -0.481 e. The molecule has 0 fully saturated rings. The van der Waals surface area contributed by atoms with Crippen molar-refractivity contribution < 1.29 is 18.7 Å². The molecule has 0 saturated carbocycles. The Balaban J connectivity index is 3.32. The van der Waals surface area contributed by atoms with Crippen molar-refractivity contribution in [3.8, 4) is 0 Å². The number of rotatable bonds is 4. The Bertz CT molecular complexity index is 440. The molecular formula is C9H10ClF2N3O2. The van der Waals surface area contributed by atoms with E-state index in [2.05, 4.69) is 9.97 Å². The molecule has 5 nitrogen and oxygen atoms in total. The molecule has 0 radical (unpaired) electrons. The highest BCUT2D eigenvalue weighted by Gasteiger charge is 2.40. The molecule has 0 aliphatic carbocycles. The molecule has 17 heavy (non-hydrogen) atoms. The third-order valence-corrected chi connectivity index (χ3v) is 2.23. The Morgan fingerprint density at radius 2 is 2.12 bits per heavy atom. The van der Waals surface area contributed by atoms with Crippen LogP contribution < -0.4 is 4.90 Å². The Morgan fingerprint density at radius 3 is 2.59 bits per heavy atom. The van der Waals surface area contributed by atoms with Crippen LogP contribution in [0.2, 0.25) is 5.15 Å². The summed E-state index contributed by atoms with van der Waals surface area (Å²) in [5, 5.41) is 8.00. The maximum Gasteiger partial charge on any atom is 0.309 e. The second kappa shape index (κ2) is 4.79. The summed E-state index contributed by atoms with van der Waals surface area (Å²) in [5.41, 5.74) is -0.672. The number of carboxylic acids is 1. The number of hydrogen-bond donors (Lipinski definition) is 1. The van der Waals surface area contributed by atoms with Crippen LogP contribution in [-0.4, -0.2) is 35.1 Å². The lowest BCUT2D eigenvalue weighted by molar-refractivity contribution is -0.145. The number of aliphatic carboxylic acids is 1. The van der Waals surface area contributed by atoms with E-state index in [1.165, 1.54) is 19.0 Å². The topological polar surface area (TPSA) is 66.3 Å². The summed E-state index contributed by atoms with van der Waals surface area (Å²) in [6.07, 6.45) is -0.320. The van der Waals surface area contributed by atoms with E-state index in [0.29, 0.717) is 0 Å². The predicted molar refractivity (Wildman–Crippen MR) is 57.5 cm³/mol. The molecule has 1 heterocycles. The molecule has 0 aromatic carbocycles. The minimum atomic E-state index is -3.62. The largest absolute Gasteiger partial charge is 0.481 e. The quantitative estimate of drug-likeness (QED) is 0.841. The van der Waals surface area contributed by atoms with E-state index in [9.17, 15) is 13.6 Å². The highest BCUT2D eigenvalue weighted by atomic mass is 35.5. The lowest BCUT2D eigenvalue weighted by Crippen LogP contribution is -2.24. The Hall–Kier alpha value is -1.50. The van der Waals surface area contributed by atoms with E-state index in [1.54, 1.807) is 0 Å². The summed E-state index contributed by atoms with van der Waals surface area (Å²) >= 11 is 5.59. The van der Waals surface area contributed by atoms with E-state index in [1.807, 2.05) is 0 Å². The lowest BCUT2D eigenvalue weighted by atomic mass is 10.1. The average molecular weight is 266 g/mol. The highest BCUT2D eigenvalue weighted by molar-refractivity contribution is 6.30. The van der Waals surface area contributed by atoms with Gasteiger partial charge in [-0.25, -0.2) is 18.7 Å². The molecule has 1 rings (SSSR count). The van der Waals surface area contributed by atoms with Crippen molar-refractivity contribution in [1.29, 1.82) is 0 Å². The van der Waals surface area contributed by atoms with Gasteiger partial charge in [0.25, 0.3) is 5.92 Å². The lowest BCUT2D eigenvalue weighted by Gasteiger charge is -2.21. The van der Waals surface area contributed by atoms with Crippen LogP contribution in [0.1, 0.15) is 12.0 Å². The zero-order chi connectivity index (χ0) is 13.2. The number of alkyl halides is 2. The summed E-state index contributed by atoms with van der Waals surface area (Å²) in [5.74, 6) is -5.35. The molecule has 1 aromatic rings. The average Bonchev–Trinajstić information content (AvgIpc) is 2.14. The maximum absolute atomic E-state index is 13.7. The van der Waals surface area contributed by atoms with E-state index < -0.39 is 29.0 Å². The molecule has 94 valence electrons. The Morgan fingerprint density at radius 1 is 1.53 bits per heavy atom. The first-order chi connectivity index (χ1) is 7.75. The van der Waals surface area contributed by atoms with Crippen LogP contribution in [0.15, 0.2) is 6.33 Å². The molecule has 0 saturated heterocycles. The van der Waals surface area contributed by atoms with Crippen LogP contribution in [0.4, 0.5) is 14.6 Å². The first-order valence-corrected chi connectivity index (χ1v) is 4.91. The van der Waals surface area contributed by atoms with Crippen molar-refractivity contribution in [2.75, 3.05) is 19.0 Å². The van der Waals surface area contributed by atoms with E-state index in [-0.39, 0.29) is 5.82 Å². The van der Waals surface area contributed by atoms with Crippen LogP contribution in [-0.2, 0) is 10.7 Å². The van der Waals surface area contributed by atoms with E-state index >= 15 is 0 Å². The molecule has 0 amide bonds. The number of anilines is 1. The second-order valence-corrected chi connectivity index (χ2v) is 3.89. The SMILES string of the molecule is CN(C)c1ncnc(Cl)c1C(F)(F)CC(=O)O. The first-order valence-electron chi connectivity index (χ1n) is 4.53. The molecule has 0 atom stereocenters. The van der Waals surface area contributed by atoms with Gasteiger partial charge in [-0.1, -0.05) is 11.6 Å². The van der Waals surface area contributed by atoms with Gasteiger partial charge in [0.1, 0.15) is 29.3 Å². The number of carboxylic acid groups (broad SMARTS) is 1. The van der Waals surface area contributed by atoms with Crippen molar-refractivity contribution in [3.63, 3.8) is 0 Å². The van der Waals surface area contributed by atoms with Gasteiger partial charge in [0.15, 0.2) is 0 Å². The van der Waals surface area contributed by atoms with Gasteiger partial charge < -0.3 is 10.0 Å². The first kappa shape index (κ1) is 13.6. The monoisotopic (exact) mass is 265 g/mol. The Kier molecular flexibility index (Phi) is 3.82. The minimum absolute atomic E-state index is 0.101. The van der Waals surface area contributed by atoms with Crippen molar-refractivity contribution in [2.24, 2.45) is 0 Å². The van der Waals surface area contributed by atoms with Crippen molar-refractivity contribution in [1.82, 2.24) is 9.97 Å². The molecule has 0 spiro atoms. The number of halogens is 3. The van der Waals surface area contributed by atoms with Crippen LogP contribution in [0, 0.1) is 0 Å². The third-order valence-electron chi connectivity index (χ3n) is 1.94. The van der Waals surface area contributed by atoms with Crippen LogP contribution in [0.5, 0.6) is 0 Å². The number of nitrogens with zero attached hydrogens (tertiary/aromatic N) is 3. The Labute approximate surface area is 101 Å². The van der Waals surface area contributed by atoms with Crippen molar-refractivity contribution in [3.05, 3.63) is 17.0 Å². The maximum atomic E-state index is 13.7. The smallest absolute Gasteiger partial charge is 0.309 e. The van der Waals surface area contributed by atoms with Crippen molar-refractivity contribution >= 4 is 23.4 Å². The molecule has 1 N–H and O–H groups in total. The molecule has 0 unspecified atom stereocenters. The zero-order valence-electron chi connectivity index (χ0n) is 9.12. The summed E-state index contributed by atoms with van der Waals surface area (Å²) in [7, 11) is 3.00. The number of aromatic nitrogens is 2. The van der Waals surface area contributed by atoms with Crippen LogP contribution in [0.25, 0.3) is 0 Å². The van der Waals surface area contributed by atoms with Gasteiger partial charge in [-0.2, -0.15) is 0 Å². The summed E-state index contributed by atoms with van der Waals surface area (Å²) in [4.78, 5) is 18.8. The van der Waals surface area contributed by atoms with Crippen molar-refractivity contribution in [2.45, 2.75) is 12.3 Å². The van der Waals surface area contributed by atoms with Gasteiger partial charge in [-0.05, 0) is 0 Å². The normalized spacial score (nSPS) is 11.4. The zero-order valence-corrected chi connectivity index (χ0v) is 9.87. The summed E-state index contributed by atoms with van der Waals surface area (Å²) < 4.78 is 27.4. The highest BCUT2D eigenvalue weighted by Crippen LogP contribution is 2.39. The fourth-order valence-corrected chi connectivity index (χ4v) is 1.55. The fourth-order valence-electron chi connectivity index (χ4n) is 1.29. The number of carbonyl (C=O) groups is 1. The van der Waals surface area contributed by atoms with E-state index in [4.69, 9.17) is 16.7 Å². The van der Waals surface area contributed by atoms with Gasteiger partial charge in [-0.15, -0.1) is 0 Å². The van der Waals surface area contributed by atoms with Crippen LogP contribution >= 0.6 is 11.6 Å². The van der Waals surface area contributed by atoms with Gasteiger partial charge in [0, 0.05) is 14.1 Å². The van der Waals surface area contributed by atoms with Gasteiger partial charge in [-0.3, -0.25) is 4.79 Å². The standard InChI is InChI=1S/C9H10ClF2N3O2/c1-15(2)8-6(7(10)13-4-14-8)9(11,12)3-5(16)17/h4H,3H2,1-2H3,(H,16,17). The molecule has 0 aliphatic rings. The molecule has 0 aliphatic heterocycles. The molecular weight excluding hydrogens is 256 g/mol. The summed E-state index contributed by atoms with van der Waals surface area (Å²) in [6, 6.07) is 0. The van der Waals surface area contributed by atoms with Crippen LogP contribution in [0.3, 0.4) is 0 Å².